The minimum absolute atomic E-state index is 0.172. The number of ether oxygens (including phenoxy) is 1. The molecule has 2 atom stereocenters. The van der Waals surface area contributed by atoms with Gasteiger partial charge in [0.1, 0.15) is 6.10 Å². The lowest BCUT2D eigenvalue weighted by Gasteiger charge is -2.33. The van der Waals surface area contributed by atoms with Gasteiger partial charge in [-0.3, -0.25) is 4.99 Å². The van der Waals surface area contributed by atoms with Gasteiger partial charge in [-0.25, -0.2) is 0 Å². The van der Waals surface area contributed by atoms with E-state index in [0.717, 1.165) is 31.4 Å². The molecule has 5 nitrogen and oxygen atoms in total. The maximum Gasteiger partial charge on any atom is 0.144 e. The molecule has 1 heterocycles. The van der Waals surface area contributed by atoms with Gasteiger partial charge in [0.25, 0.3) is 0 Å². The lowest BCUT2D eigenvalue weighted by molar-refractivity contribution is 0.00996. The summed E-state index contributed by atoms with van der Waals surface area (Å²) in [6.45, 7) is -0.344. The molecule has 2 aliphatic rings. The molecule has 0 amide bonds. The summed E-state index contributed by atoms with van der Waals surface area (Å²) in [5.74, 6) is 1.42. The van der Waals surface area contributed by atoms with Crippen molar-refractivity contribution in [2.45, 2.75) is 37.8 Å². The first-order valence-corrected chi connectivity index (χ1v) is 9.02. The van der Waals surface area contributed by atoms with Gasteiger partial charge in [0.15, 0.2) is 0 Å². The number of hydrogen-bond donors (Lipinski definition) is 2. The SMILES string of the molecule is CN(C)c1ccc(C2=N[C@H]3CC(OC(CO)CO)=CC[C@H]3CC2)cc1. The van der Waals surface area contributed by atoms with Crippen molar-refractivity contribution in [2.24, 2.45) is 10.9 Å². The molecule has 5 heteroatoms. The Morgan fingerprint density at radius 2 is 1.92 bits per heavy atom. The Hall–Kier alpha value is -1.85. The summed E-state index contributed by atoms with van der Waals surface area (Å²) in [7, 11) is 4.08. The van der Waals surface area contributed by atoms with Crippen LogP contribution in [0.25, 0.3) is 0 Å². The summed E-state index contributed by atoms with van der Waals surface area (Å²) in [6, 6.07) is 8.80. The molecule has 0 saturated carbocycles. The number of nitrogens with zero attached hydrogens (tertiary/aromatic N) is 2. The highest BCUT2D eigenvalue weighted by Crippen LogP contribution is 2.35. The lowest BCUT2D eigenvalue weighted by Crippen LogP contribution is -2.31. The number of rotatable bonds is 6. The molecule has 25 heavy (non-hydrogen) atoms. The largest absolute Gasteiger partial charge is 0.490 e. The van der Waals surface area contributed by atoms with Crippen LogP contribution < -0.4 is 4.90 Å². The smallest absolute Gasteiger partial charge is 0.144 e. The molecule has 1 aliphatic heterocycles. The van der Waals surface area contributed by atoms with Gasteiger partial charge in [0, 0.05) is 31.9 Å². The van der Waals surface area contributed by atoms with Gasteiger partial charge < -0.3 is 19.8 Å². The molecule has 1 aliphatic carbocycles. The molecule has 0 radical (unpaired) electrons. The van der Waals surface area contributed by atoms with E-state index in [4.69, 9.17) is 9.73 Å². The maximum atomic E-state index is 9.20. The topological polar surface area (TPSA) is 65.3 Å². The van der Waals surface area contributed by atoms with Crippen molar-refractivity contribution in [3.05, 3.63) is 41.7 Å². The predicted molar refractivity (Wildman–Crippen MR) is 100 cm³/mol. The molecule has 3 rings (SSSR count). The van der Waals surface area contributed by atoms with Gasteiger partial charge in [-0.1, -0.05) is 12.1 Å². The van der Waals surface area contributed by atoms with E-state index in [0.29, 0.717) is 5.92 Å². The highest BCUT2D eigenvalue weighted by molar-refractivity contribution is 6.01. The molecule has 0 spiro atoms. The quantitative estimate of drug-likeness (QED) is 0.831. The predicted octanol–water partition coefficient (Wildman–Crippen LogP) is 2.37. The molecule has 2 N–H and O–H groups in total. The summed E-state index contributed by atoms with van der Waals surface area (Å²) < 4.78 is 5.71. The van der Waals surface area contributed by atoms with E-state index >= 15 is 0 Å². The van der Waals surface area contributed by atoms with Crippen molar-refractivity contribution >= 4 is 11.4 Å². The minimum atomic E-state index is -0.534. The second-order valence-electron chi connectivity index (χ2n) is 7.10. The van der Waals surface area contributed by atoms with Crippen molar-refractivity contribution in [3.8, 4) is 0 Å². The minimum Gasteiger partial charge on any atom is -0.490 e. The van der Waals surface area contributed by atoms with Gasteiger partial charge in [0.05, 0.1) is 25.0 Å². The van der Waals surface area contributed by atoms with E-state index in [9.17, 15) is 10.2 Å². The molecule has 0 fully saturated rings. The highest BCUT2D eigenvalue weighted by Gasteiger charge is 2.31. The Morgan fingerprint density at radius 1 is 1.20 bits per heavy atom. The zero-order chi connectivity index (χ0) is 17.8. The number of benzene rings is 1. The number of fused-ring (bicyclic) bond motifs is 1. The van der Waals surface area contributed by atoms with E-state index in [-0.39, 0.29) is 19.3 Å². The second-order valence-corrected chi connectivity index (χ2v) is 7.10. The van der Waals surface area contributed by atoms with E-state index in [1.807, 2.05) is 14.1 Å². The highest BCUT2D eigenvalue weighted by atomic mass is 16.5. The first-order valence-electron chi connectivity index (χ1n) is 9.02. The Labute approximate surface area is 149 Å². The monoisotopic (exact) mass is 344 g/mol. The van der Waals surface area contributed by atoms with E-state index < -0.39 is 6.10 Å². The van der Waals surface area contributed by atoms with Gasteiger partial charge in [-0.2, -0.15) is 0 Å². The van der Waals surface area contributed by atoms with Crippen LogP contribution in [0, 0.1) is 5.92 Å². The Bertz CT molecular complexity index is 633. The molecule has 1 aromatic rings. The first kappa shape index (κ1) is 18.0. The van der Waals surface area contributed by atoms with E-state index in [2.05, 4.69) is 35.2 Å². The molecule has 0 unspecified atom stereocenters. The average molecular weight is 344 g/mol. The van der Waals surface area contributed by atoms with E-state index in [1.165, 1.54) is 17.0 Å². The van der Waals surface area contributed by atoms with Crippen molar-refractivity contribution in [3.63, 3.8) is 0 Å². The van der Waals surface area contributed by atoms with Crippen LogP contribution in [0.15, 0.2) is 41.1 Å². The van der Waals surface area contributed by atoms with Crippen LogP contribution in [0.4, 0.5) is 5.69 Å². The van der Waals surface area contributed by atoms with Crippen LogP contribution in [0.3, 0.4) is 0 Å². The molecular weight excluding hydrogens is 316 g/mol. The summed E-state index contributed by atoms with van der Waals surface area (Å²) >= 11 is 0. The van der Waals surface area contributed by atoms with Crippen LogP contribution in [-0.2, 0) is 4.74 Å². The van der Waals surface area contributed by atoms with Crippen molar-refractivity contribution < 1.29 is 14.9 Å². The van der Waals surface area contributed by atoms with Gasteiger partial charge in [-0.15, -0.1) is 0 Å². The number of anilines is 1. The molecule has 0 aromatic heterocycles. The number of aliphatic hydroxyl groups is 2. The summed E-state index contributed by atoms with van der Waals surface area (Å²) in [5.41, 5.74) is 3.56. The first-order chi connectivity index (χ1) is 12.1. The van der Waals surface area contributed by atoms with Crippen molar-refractivity contribution in [1.82, 2.24) is 0 Å². The number of aliphatic hydroxyl groups excluding tert-OH is 2. The fourth-order valence-corrected chi connectivity index (χ4v) is 3.56. The lowest BCUT2D eigenvalue weighted by atomic mass is 9.81. The Morgan fingerprint density at radius 3 is 2.56 bits per heavy atom. The fourth-order valence-electron chi connectivity index (χ4n) is 3.56. The second kappa shape index (κ2) is 8.02. The maximum absolute atomic E-state index is 9.20. The summed E-state index contributed by atoms with van der Waals surface area (Å²) in [5, 5.41) is 18.4. The normalized spacial score (nSPS) is 22.9. The molecule has 136 valence electrons. The van der Waals surface area contributed by atoms with Gasteiger partial charge >= 0.3 is 0 Å². The van der Waals surface area contributed by atoms with Gasteiger partial charge in [0.2, 0.25) is 0 Å². The number of allylic oxidation sites excluding steroid dienone is 1. The van der Waals surface area contributed by atoms with Crippen LogP contribution in [0.2, 0.25) is 0 Å². The molecule has 0 bridgehead atoms. The third-order valence-corrected chi connectivity index (χ3v) is 5.12. The average Bonchev–Trinajstić information content (AvgIpc) is 2.65. The number of aliphatic imine (C=N–C) groups is 1. The van der Waals surface area contributed by atoms with Crippen LogP contribution in [0.1, 0.15) is 31.2 Å². The van der Waals surface area contributed by atoms with Crippen LogP contribution in [0.5, 0.6) is 0 Å². The molecular formula is C20H28N2O3. The zero-order valence-corrected chi connectivity index (χ0v) is 15.1. The number of hydrogen-bond acceptors (Lipinski definition) is 5. The van der Waals surface area contributed by atoms with E-state index in [1.54, 1.807) is 0 Å². The standard InChI is InChI=1S/C20H28N2O3/c1-22(2)16-7-3-14(4-8-16)19-10-6-15-5-9-17(11-20(15)21-19)25-18(12-23)13-24/h3-4,7-9,15,18,20,23-24H,5-6,10-13H2,1-2H3/t15-,20-/m0/s1. The summed E-state index contributed by atoms with van der Waals surface area (Å²) in [6.07, 6.45) is 5.44. The zero-order valence-electron chi connectivity index (χ0n) is 15.1. The third-order valence-electron chi connectivity index (χ3n) is 5.12. The van der Waals surface area contributed by atoms with Crippen molar-refractivity contribution in [1.29, 1.82) is 0 Å². The van der Waals surface area contributed by atoms with Crippen molar-refractivity contribution in [2.75, 3.05) is 32.2 Å². The summed E-state index contributed by atoms with van der Waals surface area (Å²) in [4.78, 5) is 7.11. The van der Waals surface area contributed by atoms with Gasteiger partial charge in [-0.05, 0) is 49.0 Å². The molecule has 0 saturated heterocycles. The van der Waals surface area contributed by atoms with Crippen LogP contribution in [-0.4, -0.2) is 55.4 Å². The Balaban J connectivity index is 1.71. The third kappa shape index (κ3) is 4.22. The Kier molecular flexibility index (Phi) is 5.76. The van der Waals surface area contributed by atoms with Crippen LogP contribution >= 0.6 is 0 Å². The fraction of sp³-hybridized carbons (Fsp3) is 0.550. The molecule has 1 aromatic carbocycles.